The molecule has 0 aromatic rings. The summed E-state index contributed by atoms with van der Waals surface area (Å²) in [5.74, 6) is 1.65. The highest BCUT2D eigenvalue weighted by Crippen LogP contribution is 2.51. The smallest absolute Gasteiger partial charge is 0.0216 e. The van der Waals surface area contributed by atoms with Crippen molar-refractivity contribution in [1.82, 2.24) is 4.90 Å². The number of likely N-dealkylation sites (tertiary alicyclic amines) is 1. The maximum Gasteiger partial charge on any atom is 0.0216 e. The van der Waals surface area contributed by atoms with E-state index in [0.29, 0.717) is 0 Å². The van der Waals surface area contributed by atoms with Crippen molar-refractivity contribution < 1.29 is 0 Å². The van der Waals surface area contributed by atoms with Crippen LogP contribution in [0.25, 0.3) is 0 Å². The molecule has 0 bridgehead atoms. The summed E-state index contributed by atoms with van der Waals surface area (Å²) in [6, 6.07) is 0. The first kappa shape index (κ1) is 9.47. The molecule has 2 unspecified atom stereocenters. The zero-order chi connectivity index (χ0) is 9.47. The van der Waals surface area contributed by atoms with Gasteiger partial charge in [-0.15, -0.1) is 0 Å². The third-order valence-electron chi connectivity index (χ3n) is 4.17. The fraction of sp³-hybridized carbons (Fsp3) is 1.00. The van der Waals surface area contributed by atoms with Crippen LogP contribution in [-0.2, 0) is 0 Å². The lowest BCUT2D eigenvalue weighted by Gasteiger charge is -2.33. The molecule has 2 N–H and O–H groups in total. The van der Waals surface area contributed by atoms with Crippen molar-refractivity contribution >= 4 is 0 Å². The molecule has 2 fully saturated rings. The van der Waals surface area contributed by atoms with Crippen molar-refractivity contribution in [2.24, 2.45) is 17.6 Å². The number of rotatable bonds is 2. The number of hydrogen-bond acceptors (Lipinski definition) is 2. The van der Waals surface area contributed by atoms with Gasteiger partial charge in [0.05, 0.1) is 0 Å². The second-order valence-electron chi connectivity index (χ2n) is 5.00. The largest absolute Gasteiger partial charge is 0.325 e. The number of nitrogens with zero attached hydrogens (tertiary/aromatic N) is 1. The SMILES string of the molecule is CCC1CC1(N)C1CCN(C)CC1. The minimum Gasteiger partial charge on any atom is -0.325 e. The van der Waals surface area contributed by atoms with Gasteiger partial charge in [-0.05, 0) is 51.2 Å². The Balaban J connectivity index is 1.89. The van der Waals surface area contributed by atoms with Crippen LogP contribution in [0.15, 0.2) is 0 Å². The normalized spacial score (nSPS) is 42.2. The van der Waals surface area contributed by atoms with Crippen LogP contribution in [0.2, 0.25) is 0 Å². The molecule has 0 amide bonds. The second-order valence-corrected chi connectivity index (χ2v) is 5.00. The first-order valence-corrected chi connectivity index (χ1v) is 5.64. The summed E-state index contributed by atoms with van der Waals surface area (Å²) in [6.07, 6.45) is 5.22. The van der Waals surface area contributed by atoms with E-state index in [4.69, 9.17) is 5.73 Å². The minimum atomic E-state index is 0.246. The zero-order valence-electron chi connectivity index (χ0n) is 8.92. The Labute approximate surface area is 81.5 Å². The van der Waals surface area contributed by atoms with E-state index in [0.717, 1.165) is 11.8 Å². The standard InChI is InChI=1S/C11H22N2/c1-3-9-8-11(9,12)10-4-6-13(2)7-5-10/h9-10H,3-8,12H2,1-2H3. The molecular weight excluding hydrogens is 160 g/mol. The van der Waals surface area contributed by atoms with Gasteiger partial charge in [0.2, 0.25) is 0 Å². The van der Waals surface area contributed by atoms with E-state index in [-0.39, 0.29) is 5.54 Å². The quantitative estimate of drug-likeness (QED) is 0.700. The van der Waals surface area contributed by atoms with Gasteiger partial charge in [0.25, 0.3) is 0 Å². The number of nitrogens with two attached hydrogens (primary N) is 1. The second kappa shape index (κ2) is 3.25. The lowest BCUT2D eigenvalue weighted by molar-refractivity contribution is 0.185. The van der Waals surface area contributed by atoms with Crippen molar-refractivity contribution in [3.05, 3.63) is 0 Å². The lowest BCUT2D eigenvalue weighted by Crippen LogP contribution is -2.42. The van der Waals surface area contributed by atoms with E-state index in [1.807, 2.05) is 0 Å². The predicted octanol–water partition coefficient (Wildman–Crippen LogP) is 1.46. The summed E-state index contributed by atoms with van der Waals surface area (Å²) in [6.45, 7) is 4.77. The van der Waals surface area contributed by atoms with Crippen LogP contribution < -0.4 is 5.73 Å². The molecule has 2 rings (SSSR count). The topological polar surface area (TPSA) is 29.3 Å². The molecule has 2 heteroatoms. The van der Waals surface area contributed by atoms with Gasteiger partial charge >= 0.3 is 0 Å². The van der Waals surface area contributed by atoms with Gasteiger partial charge in [-0.2, -0.15) is 0 Å². The fourth-order valence-corrected chi connectivity index (χ4v) is 2.94. The molecule has 1 aliphatic heterocycles. The van der Waals surface area contributed by atoms with Crippen LogP contribution >= 0.6 is 0 Å². The predicted molar refractivity (Wildman–Crippen MR) is 55.5 cm³/mol. The molecule has 2 nitrogen and oxygen atoms in total. The van der Waals surface area contributed by atoms with Crippen molar-refractivity contribution in [3.63, 3.8) is 0 Å². The first-order valence-electron chi connectivity index (χ1n) is 5.64. The summed E-state index contributed by atoms with van der Waals surface area (Å²) < 4.78 is 0. The van der Waals surface area contributed by atoms with Gasteiger partial charge in [-0.25, -0.2) is 0 Å². The molecule has 0 radical (unpaired) electrons. The number of piperidine rings is 1. The molecule has 13 heavy (non-hydrogen) atoms. The monoisotopic (exact) mass is 182 g/mol. The molecule has 2 aliphatic rings. The van der Waals surface area contributed by atoms with E-state index in [2.05, 4.69) is 18.9 Å². The van der Waals surface area contributed by atoms with Crippen LogP contribution in [-0.4, -0.2) is 30.6 Å². The van der Waals surface area contributed by atoms with E-state index in [1.54, 1.807) is 0 Å². The lowest BCUT2D eigenvalue weighted by atomic mass is 9.86. The fourth-order valence-electron chi connectivity index (χ4n) is 2.94. The highest BCUT2D eigenvalue weighted by Gasteiger charge is 2.54. The average molecular weight is 182 g/mol. The minimum absolute atomic E-state index is 0.246. The molecule has 76 valence electrons. The molecule has 1 saturated carbocycles. The Morgan fingerprint density at radius 3 is 2.46 bits per heavy atom. The molecular formula is C11H22N2. The van der Waals surface area contributed by atoms with Crippen molar-refractivity contribution in [3.8, 4) is 0 Å². The summed E-state index contributed by atoms with van der Waals surface area (Å²) in [7, 11) is 2.21. The molecule has 1 aliphatic carbocycles. The summed E-state index contributed by atoms with van der Waals surface area (Å²) in [5.41, 5.74) is 6.65. The van der Waals surface area contributed by atoms with Crippen molar-refractivity contribution in [1.29, 1.82) is 0 Å². The molecule has 0 spiro atoms. The van der Waals surface area contributed by atoms with E-state index < -0.39 is 0 Å². The van der Waals surface area contributed by atoms with Gasteiger partial charge < -0.3 is 10.6 Å². The van der Waals surface area contributed by atoms with Crippen molar-refractivity contribution in [2.45, 2.75) is 38.1 Å². The van der Waals surface area contributed by atoms with E-state index >= 15 is 0 Å². The van der Waals surface area contributed by atoms with Gasteiger partial charge in [0.1, 0.15) is 0 Å². The third-order valence-corrected chi connectivity index (χ3v) is 4.17. The number of hydrogen-bond donors (Lipinski definition) is 1. The summed E-state index contributed by atoms with van der Waals surface area (Å²) in [4.78, 5) is 2.42. The Hall–Kier alpha value is -0.0800. The molecule has 1 saturated heterocycles. The van der Waals surface area contributed by atoms with Crippen LogP contribution in [0.5, 0.6) is 0 Å². The Bertz CT molecular complexity index is 185. The zero-order valence-corrected chi connectivity index (χ0v) is 8.92. The highest BCUT2D eigenvalue weighted by atomic mass is 15.1. The Morgan fingerprint density at radius 2 is 2.00 bits per heavy atom. The van der Waals surface area contributed by atoms with Crippen LogP contribution in [0.3, 0.4) is 0 Å². The van der Waals surface area contributed by atoms with Crippen molar-refractivity contribution in [2.75, 3.05) is 20.1 Å². The Morgan fingerprint density at radius 1 is 1.38 bits per heavy atom. The maximum absolute atomic E-state index is 6.40. The van der Waals surface area contributed by atoms with E-state index in [9.17, 15) is 0 Å². The van der Waals surface area contributed by atoms with Crippen LogP contribution in [0, 0.1) is 11.8 Å². The van der Waals surface area contributed by atoms with Crippen LogP contribution in [0.1, 0.15) is 32.6 Å². The summed E-state index contributed by atoms with van der Waals surface area (Å²) in [5, 5.41) is 0. The molecule has 1 heterocycles. The molecule has 2 atom stereocenters. The third kappa shape index (κ3) is 1.62. The average Bonchev–Trinajstić information content (AvgIpc) is 2.80. The highest BCUT2D eigenvalue weighted by molar-refractivity contribution is 5.11. The van der Waals surface area contributed by atoms with Gasteiger partial charge in [-0.3, -0.25) is 0 Å². The molecule has 0 aromatic carbocycles. The van der Waals surface area contributed by atoms with Gasteiger partial charge in [-0.1, -0.05) is 13.3 Å². The van der Waals surface area contributed by atoms with E-state index in [1.165, 1.54) is 38.8 Å². The van der Waals surface area contributed by atoms with Crippen LogP contribution in [0.4, 0.5) is 0 Å². The van der Waals surface area contributed by atoms with Gasteiger partial charge in [0.15, 0.2) is 0 Å². The molecule has 0 aromatic heterocycles. The first-order chi connectivity index (χ1) is 6.16. The maximum atomic E-state index is 6.40. The van der Waals surface area contributed by atoms with Gasteiger partial charge in [0, 0.05) is 5.54 Å². The Kier molecular flexibility index (Phi) is 2.37. The summed E-state index contributed by atoms with van der Waals surface area (Å²) >= 11 is 0.